The number of hydrogen-bond donors (Lipinski definition) is 0. The molecule has 1 amide bonds. The van der Waals surface area contributed by atoms with E-state index in [2.05, 4.69) is 0 Å². The Balaban J connectivity index is 2.16. The van der Waals surface area contributed by atoms with Crippen LogP contribution in [0.2, 0.25) is 0 Å². The zero-order valence-electron chi connectivity index (χ0n) is 13.0. The number of esters is 1. The average Bonchev–Trinajstić information content (AvgIpc) is 2.45. The minimum Gasteiger partial charge on any atom is -0.458 e. The number of piperidine rings is 1. The number of ether oxygens (including phenoxy) is 1. The smallest absolute Gasteiger partial charge is 0.329 e. The zero-order chi connectivity index (χ0) is 15.5. The van der Waals surface area contributed by atoms with Crippen molar-refractivity contribution >= 4 is 11.9 Å². The molecule has 4 heteroatoms. The van der Waals surface area contributed by atoms with E-state index in [4.69, 9.17) is 4.74 Å². The summed E-state index contributed by atoms with van der Waals surface area (Å²) < 4.78 is 5.46. The van der Waals surface area contributed by atoms with E-state index in [1.165, 1.54) is 0 Å². The van der Waals surface area contributed by atoms with Gasteiger partial charge in [-0.15, -0.1) is 0 Å². The minimum absolute atomic E-state index is 0.0915. The van der Waals surface area contributed by atoms with Crippen LogP contribution >= 0.6 is 0 Å². The number of nitrogens with zero attached hydrogens (tertiary/aromatic N) is 1. The summed E-state index contributed by atoms with van der Waals surface area (Å²) >= 11 is 0. The van der Waals surface area contributed by atoms with Crippen LogP contribution in [0.3, 0.4) is 0 Å². The van der Waals surface area contributed by atoms with E-state index in [1.54, 1.807) is 17.0 Å². The van der Waals surface area contributed by atoms with E-state index in [0.717, 1.165) is 12.8 Å². The summed E-state index contributed by atoms with van der Waals surface area (Å²) in [6, 6.07) is 8.63. The maximum atomic E-state index is 12.6. The maximum absolute atomic E-state index is 12.6. The van der Waals surface area contributed by atoms with Gasteiger partial charge in [-0.2, -0.15) is 0 Å². The lowest BCUT2D eigenvalue weighted by atomic mass is 10.0. The van der Waals surface area contributed by atoms with Crippen molar-refractivity contribution in [1.29, 1.82) is 0 Å². The van der Waals surface area contributed by atoms with Gasteiger partial charge < -0.3 is 9.64 Å². The van der Waals surface area contributed by atoms with Crippen molar-refractivity contribution < 1.29 is 14.3 Å². The van der Waals surface area contributed by atoms with Crippen LogP contribution < -0.4 is 0 Å². The second kappa shape index (κ2) is 6.29. The van der Waals surface area contributed by atoms with Gasteiger partial charge in [0.05, 0.1) is 0 Å². The van der Waals surface area contributed by atoms with Crippen LogP contribution in [-0.2, 0) is 9.53 Å². The van der Waals surface area contributed by atoms with Gasteiger partial charge in [-0.3, -0.25) is 4.79 Å². The second-order valence-corrected chi connectivity index (χ2v) is 6.41. The fraction of sp³-hybridized carbons (Fsp3) is 0.529. The van der Waals surface area contributed by atoms with Gasteiger partial charge in [0.1, 0.15) is 11.6 Å². The molecule has 4 nitrogen and oxygen atoms in total. The summed E-state index contributed by atoms with van der Waals surface area (Å²) in [5, 5.41) is 0. The Morgan fingerprint density at radius 3 is 2.43 bits per heavy atom. The molecule has 0 aromatic heterocycles. The van der Waals surface area contributed by atoms with Gasteiger partial charge in [0.25, 0.3) is 5.91 Å². The van der Waals surface area contributed by atoms with Crippen molar-refractivity contribution in [2.45, 2.75) is 51.7 Å². The van der Waals surface area contributed by atoms with Crippen LogP contribution in [0.15, 0.2) is 30.3 Å². The highest BCUT2D eigenvalue weighted by Gasteiger charge is 2.35. The third kappa shape index (κ3) is 4.06. The number of amides is 1. The standard InChI is InChI=1S/C17H23NO3/c1-17(2,3)21-16(20)14-11-7-8-12-18(14)15(19)13-9-5-4-6-10-13/h4-6,9-10,14H,7-8,11-12H2,1-3H3. The van der Waals surface area contributed by atoms with E-state index in [-0.39, 0.29) is 11.9 Å². The van der Waals surface area contributed by atoms with Gasteiger partial charge in [0, 0.05) is 12.1 Å². The molecule has 1 atom stereocenters. The minimum atomic E-state index is -0.532. The molecule has 1 aliphatic rings. The molecule has 1 saturated heterocycles. The summed E-state index contributed by atoms with van der Waals surface area (Å²) in [7, 11) is 0. The molecule has 1 aromatic rings. The fourth-order valence-corrected chi connectivity index (χ4v) is 2.54. The molecule has 0 spiro atoms. The Morgan fingerprint density at radius 2 is 1.81 bits per heavy atom. The molecule has 0 saturated carbocycles. The first-order valence-electron chi connectivity index (χ1n) is 7.47. The van der Waals surface area contributed by atoms with E-state index < -0.39 is 11.6 Å². The van der Waals surface area contributed by atoms with Gasteiger partial charge in [-0.25, -0.2) is 4.79 Å². The number of carbonyl (C=O) groups is 2. The van der Waals surface area contributed by atoms with E-state index in [0.29, 0.717) is 18.5 Å². The highest BCUT2D eigenvalue weighted by atomic mass is 16.6. The van der Waals surface area contributed by atoms with Crippen LogP contribution in [0.4, 0.5) is 0 Å². The largest absolute Gasteiger partial charge is 0.458 e. The van der Waals surface area contributed by atoms with Gasteiger partial charge >= 0.3 is 5.97 Å². The zero-order valence-corrected chi connectivity index (χ0v) is 13.0. The Hall–Kier alpha value is -1.84. The van der Waals surface area contributed by atoms with Crippen molar-refractivity contribution in [3.63, 3.8) is 0 Å². The molecule has 1 aliphatic heterocycles. The van der Waals surface area contributed by atoms with E-state index in [1.807, 2.05) is 39.0 Å². The van der Waals surface area contributed by atoms with Crippen molar-refractivity contribution in [2.75, 3.05) is 6.54 Å². The van der Waals surface area contributed by atoms with Crippen LogP contribution in [0.25, 0.3) is 0 Å². The first kappa shape index (κ1) is 15.5. The van der Waals surface area contributed by atoms with Gasteiger partial charge in [-0.05, 0) is 52.2 Å². The predicted octanol–water partition coefficient (Wildman–Crippen LogP) is 3.02. The maximum Gasteiger partial charge on any atom is 0.329 e. The van der Waals surface area contributed by atoms with Crippen LogP contribution in [-0.4, -0.2) is 35.0 Å². The molecule has 1 unspecified atom stereocenters. The van der Waals surface area contributed by atoms with Gasteiger partial charge in [-0.1, -0.05) is 18.2 Å². The average molecular weight is 289 g/mol. The molecule has 114 valence electrons. The van der Waals surface area contributed by atoms with Crippen molar-refractivity contribution in [3.8, 4) is 0 Å². The molecule has 1 heterocycles. The Morgan fingerprint density at radius 1 is 1.14 bits per heavy atom. The first-order chi connectivity index (χ1) is 9.88. The van der Waals surface area contributed by atoms with Gasteiger partial charge in [0.2, 0.25) is 0 Å². The van der Waals surface area contributed by atoms with E-state index >= 15 is 0 Å². The Labute approximate surface area is 126 Å². The second-order valence-electron chi connectivity index (χ2n) is 6.41. The number of rotatable bonds is 2. The topological polar surface area (TPSA) is 46.6 Å². The molecule has 2 rings (SSSR count). The van der Waals surface area contributed by atoms with E-state index in [9.17, 15) is 9.59 Å². The van der Waals surface area contributed by atoms with Crippen molar-refractivity contribution in [3.05, 3.63) is 35.9 Å². The summed E-state index contributed by atoms with van der Waals surface area (Å²) in [6.07, 6.45) is 2.55. The molecular formula is C17H23NO3. The van der Waals surface area contributed by atoms with Crippen molar-refractivity contribution in [2.24, 2.45) is 0 Å². The number of likely N-dealkylation sites (tertiary alicyclic amines) is 1. The van der Waals surface area contributed by atoms with Crippen LogP contribution in [0.5, 0.6) is 0 Å². The SMILES string of the molecule is CC(C)(C)OC(=O)C1CCCCN1C(=O)c1ccccc1. The molecule has 1 fully saturated rings. The lowest BCUT2D eigenvalue weighted by molar-refractivity contribution is -0.161. The Kier molecular flexibility index (Phi) is 4.66. The highest BCUT2D eigenvalue weighted by molar-refractivity contribution is 5.96. The quantitative estimate of drug-likeness (QED) is 0.786. The molecule has 0 radical (unpaired) electrons. The number of carbonyl (C=O) groups excluding carboxylic acids is 2. The summed E-state index contributed by atoms with van der Waals surface area (Å²) in [5.74, 6) is -0.391. The highest BCUT2D eigenvalue weighted by Crippen LogP contribution is 2.22. The summed E-state index contributed by atoms with van der Waals surface area (Å²) in [5.41, 5.74) is 0.0867. The van der Waals surface area contributed by atoms with Crippen LogP contribution in [0, 0.1) is 0 Å². The normalized spacial score (nSPS) is 19.2. The lowest BCUT2D eigenvalue weighted by Crippen LogP contribution is -2.50. The van der Waals surface area contributed by atoms with Gasteiger partial charge in [0.15, 0.2) is 0 Å². The lowest BCUT2D eigenvalue weighted by Gasteiger charge is -2.35. The predicted molar refractivity (Wildman–Crippen MR) is 81.0 cm³/mol. The monoisotopic (exact) mass is 289 g/mol. The van der Waals surface area contributed by atoms with Crippen LogP contribution in [0.1, 0.15) is 50.4 Å². The third-order valence-electron chi connectivity index (χ3n) is 3.46. The number of hydrogen-bond acceptors (Lipinski definition) is 3. The molecule has 0 aliphatic carbocycles. The molecule has 0 bridgehead atoms. The fourth-order valence-electron chi connectivity index (χ4n) is 2.54. The number of benzene rings is 1. The molecule has 1 aromatic carbocycles. The van der Waals surface area contributed by atoms with Crippen molar-refractivity contribution in [1.82, 2.24) is 4.90 Å². The molecule has 0 N–H and O–H groups in total. The third-order valence-corrected chi connectivity index (χ3v) is 3.46. The molecular weight excluding hydrogens is 266 g/mol. The first-order valence-corrected chi connectivity index (χ1v) is 7.47. The summed E-state index contributed by atoms with van der Waals surface area (Å²) in [4.78, 5) is 26.6. The Bertz CT molecular complexity index is 505. The summed E-state index contributed by atoms with van der Waals surface area (Å²) in [6.45, 7) is 6.14. The molecule has 21 heavy (non-hydrogen) atoms.